The summed E-state index contributed by atoms with van der Waals surface area (Å²) in [6.45, 7) is 3.81. The summed E-state index contributed by atoms with van der Waals surface area (Å²) in [5, 5.41) is 10.4. The summed E-state index contributed by atoms with van der Waals surface area (Å²) in [6, 6.07) is 9.47. The van der Waals surface area contributed by atoms with E-state index < -0.39 is 12.1 Å². The lowest BCUT2D eigenvalue weighted by molar-refractivity contribution is -0.192. The Morgan fingerprint density at radius 2 is 1.73 bits per heavy atom. The van der Waals surface area contributed by atoms with Crippen molar-refractivity contribution in [2.75, 3.05) is 19.6 Å². The molecule has 2 N–H and O–H groups in total. The molecule has 1 spiro atoms. The Bertz CT molecular complexity index is 857. The van der Waals surface area contributed by atoms with Gasteiger partial charge in [-0.1, -0.05) is 24.3 Å². The zero-order valence-electron chi connectivity index (χ0n) is 18.9. The summed E-state index contributed by atoms with van der Waals surface area (Å²) in [7, 11) is 0. The third-order valence-electron chi connectivity index (χ3n) is 7.78. The number of amides is 1. The van der Waals surface area contributed by atoms with Crippen LogP contribution in [0.15, 0.2) is 24.3 Å². The number of alkyl halides is 3. The number of piperidine rings is 1. The summed E-state index contributed by atoms with van der Waals surface area (Å²) in [5.41, 5.74) is 3.36. The quantitative estimate of drug-likeness (QED) is 0.665. The Kier molecular flexibility index (Phi) is 7.03. The molecular formula is C25H33F3N2O3. The molecule has 0 bridgehead atoms. The van der Waals surface area contributed by atoms with E-state index in [0.29, 0.717) is 23.8 Å². The Hall–Kier alpha value is -2.09. The van der Waals surface area contributed by atoms with Gasteiger partial charge in [-0.2, -0.15) is 13.2 Å². The molecule has 3 fully saturated rings. The van der Waals surface area contributed by atoms with Crippen molar-refractivity contribution in [3.05, 3.63) is 35.4 Å². The van der Waals surface area contributed by atoms with Gasteiger partial charge in [0.2, 0.25) is 5.91 Å². The van der Waals surface area contributed by atoms with Gasteiger partial charge in [0.25, 0.3) is 0 Å². The normalized spacial score (nSPS) is 24.4. The molecule has 182 valence electrons. The summed E-state index contributed by atoms with van der Waals surface area (Å²) in [6.07, 6.45) is 5.85. The van der Waals surface area contributed by atoms with Gasteiger partial charge in [-0.05, 0) is 92.8 Å². The van der Waals surface area contributed by atoms with E-state index in [2.05, 4.69) is 34.5 Å². The van der Waals surface area contributed by atoms with Crippen LogP contribution < -0.4 is 5.32 Å². The lowest BCUT2D eigenvalue weighted by atomic mass is 9.73. The number of hydrogen-bond donors (Lipinski definition) is 2. The summed E-state index contributed by atoms with van der Waals surface area (Å²) < 4.78 is 31.7. The predicted octanol–water partition coefficient (Wildman–Crippen LogP) is 4.61. The number of likely N-dealkylation sites (tertiary alicyclic amines) is 1. The van der Waals surface area contributed by atoms with E-state index in [1.807, 2.05) is 0 Å². The minimum atomic E-state index is -5.08. The fourth-order valence-corrected chi connectivity index (χ4v) is 5.58. The predicted molar refractivity (Wildman–Crippen MR) is 118 cm³/mol. The van der Waals surface area contributed by atoms with Gasteiger partial charge in [-0.15, -0.1) is 0 Å². The monoisotopic (exact) mass is 466 g/mol. The number of halogens is 3. The fraction of sp³-hybridized carbons (Fsp3) is 0.680. The van der Waals surface area contributed by atoms with E-state index in [1.165, 1.54) is 76.6 Å². The smallest absolute Gasteiger partial charge is 0.475 e. The molecule has 5 nitrogen and oxygen atoms in total. The molecule has 1 aromatic rings. The van der Waals surface area contributed by atoms with Crippen LogP contribution in [0, 0.1) is 5.92 Å². The second-order valence-corrected chi connectivity index (χ2v) is 10.2. The summed E-state index contributed by atoms with van der Waals surface area (Å²) in [4.78, 5) is 24.1. The maximum Gasteiger partial charge on any atom is 0.490 e. The van der Waals surface area contributed by atoms with Crippen molar-refractivity contribution in [2.45, 2.75) is 81.3 Å². The number of aliphatic carboxylic acids is 1. The second kappa shape index (κ2) is 9.65. The van der Waals surface area contributed by atoms with Crippen molar-refractivity contribution >= 4 is 11.9 Å². The van der Waals surface area contributed by atoms with Crippen LogP contribution in [0.3, 0.4) is 0 Å². The minimum absolute atomic E-state index is 0.276. The first kappa shape index (κ1) is 24.0. The van der Waals surface area contributed by atoms with Crippen LogP contribution in [0.4, 0.5) is 13.2 Å². The average molecular weight is 467 g/mol. The van der Waals surface area contributed by atoms with Gasteiger partial charge in [-0.3, -0.25) is 4.79 Å². The Labute approximate surface area is 192 Å². The van der Waals surface area contributed by atoms with E-state index in [9.17, 15) is 18.0 Å². The van der Waals surface area contributed by atoms with E-state index in [4.69, 9.17) is 9.90 Å². The third kappa shape index (κ3) is 5.89. The molecule has 1 amide bonds. The molecule has 5 rings (SSSR count). The Morgan fingerprint density at radius 3 is 2.27 bits per heavy atom. The van der Waals surface area contributed by atoms with Crippen molar-refractivity contribution in [1.82, 2.24) is 10.2 Å². The Morgan fingerprint density at radius 1 is 1.09 bits per heavy atom. The molecular weight excluding hydrogens is 433 g/mol. The number of carbonyl (C=O) groups excluding carboxylic acids is 1. The zero-order chi connectivity index (χ0) is 23.6. The number of rotatable bonds is 5. The molecule has 0 aromatic heterocycles. The highest BCUT2D eigenvalue weighted by Gasteiger charge is 2.46. The second-order valence-electron chi connectivity index (χ2n) is 10.2. The van der Waals surface area contributed by atoms with E-state index in [-0.39, 0.29) is 5.91 Å². The van der Waals surface area contributed by atoms with Gasteiger partial charge in [0.15, 0.2) is 0 Å². The molecule has 2 saturated carbocycles. The maximum atomic E-state index is 12.5. The first-order valence-electron chi connectivity index (χ1n) is 12.1. The molecule has 1 heterocycles. The Balaban J connectivity index is 0.000000325. The number of carbonyl (C=O) groups is 2. The van der Waals surface area contributed by atoms with Gasteiger partial charge in [0, 0.05) is 19.0 Å². The lowest BCUT2D eigenvalue weighted by Gasteiger charge is -2.40. The number of hydrogen-bond acceptors (Lipinski definition) is 3. The standard InChI is InChI=1S/C23H32N2O.C2HF3O2/c26-22(24-19-4-3-5-19)14-18-15-23(21-7-2-1-6-20(18)21)10-12-25(13-11-23)16-17-8-9-17;3-2(4,5)1(6)7/h1-2,6-7,17-19H,3-5,8-16H2,(H,24,26);(H,6,7). The SMILES string of the molecule is O=C(CC1CC2(CCN(CC3CC3)CC2)c2ccccc21)NC1CCC1.O=C(O)C(F)(F)F. The van der Waals surface area contributed by atoms with Crippen LogP contribution in [-0.4, -0.2) is 53.7 Å². The summed E-state index contributed by atoms with van der Waals surface area (Å²) >= 11 is 0. The van der Waals surface area contributed by atoms with Crippen molar-refractivity contribution in [3.63, 3.8) is 0 Å². The molecule has 1 atom stereocenters. The van der Waals surface area contributed by atoms with Gasteiger partial charge in [-0.25, -0.2) is 4.79 Å². The third-order valence-corrected chi connectivity index (χ3v) is 7.78. The summed E-state index contributed by atoms with van der Waals surface area (Å²) in [5.74, 6) is -1.07. The van der Waals surface area contributed by atoms with Gasteiger partial charge >= 0.3 is 12.1 Å². The number of fused-ring (bicyclic) bond motifs is 2. The number of benzene rings is 1. The topological polar surface area (TPSA) is 69.6 Å². The zero-order valence-corrected chi connectivity index (χ0v) is 18.9. The highest BCUT2D eigenvalue weighted by atomic mass is 19.4. The number of nitrogens with zero attached hydrogens (tertiary/aromatic N) is 1. The molecule has 1 unspecified atom stereocenters. The van der Waals surface area contributed by atoms with Crippen molar-refractivity contribution in [2.24, 2.45) is 5.92 Å². The van der Waals surface area contributed by atoms with Crippen molar-refractivity contribution in [3.8, 4) is 0 Å². The fourth-order valence-electron chi connectivity index (χ4n) is 5.58. The molecule has 1 aliphatic heterocycles. The highest BCUT2D eigenvalue weighted by Crippen LogP contribution is 2.52. The number of carboxylic acids is 1. The molecule has 3 aliphatic carbocycles. The molecule has 33 heavy (non-hydrogen) atoms. The van der Waals surface area contributed by atoms with Crippen LogP contribution in [0.1, 0.15) is 74.8 Å². The van der Waals surface area contributed by atoms with E-state index in [1.54, 1.807) is 5.56 Å². The van der Waals surface area contributed by atoms with Crippen LogP contribution in [-0.2, 0) is 15.0 Å². The molecule has 1 saturated heterocycles. The lowest BCUT2D eigenvalue weighted by Crippen LogP contribution is -2.42. The minimum Gasteiger partial charge on any atom is -0.475 e. The van der Waals surface area contributed by atoms with Crippen molar-refractivity contribution in [1.29, 1.82) is 0 Å². The van der Waals surface area contributed by atoms with Gasteiger partial charge < -0.3 is 15.3 Å². The van der Waals surface area contributed by atoms with Crippen LogP contribution in [0.2, 0.25) is 0 Å². The molecule has 4 aliphatic rings. The number of nitrogens with one attached hydrogen (secondary N) is 1. The largest absolute Gasteiger partial charge is 0.490 e. The van der Waals surface area contributed by atoms with Crippen LogP contribution in [0.25, 0.3) is 0 Å². The van der Waals surface area contributed by atoms with Gasteiger partial charge in [0.1, 0.15) is 0 Å². The van der Waals surface area contributed by atoms with Crippen LogP contribution in [0.5, 0.6) is 0 Å². The molecule has 8 heteroatoms. The van der Waals surface area contributed by atoms with E-state index in [0.717, 1.165) is 5.92 Å². The first-order chi connectivity index (χ1) is 15.7. The van der Waals surface area contributed by atoms with Crippen molar-refractivity contribution < 1.29 is 27.9 Å². The van der Waals surface area contributed by atoms with Crippen LogP contribution >= 0.6 is 0 Å². The maximum absolute atomic E-state index is 12.5. The highest BCUT2D eigenvalue weighted by molar-refractivity contribution is 5.77. The number of carboxylic acid groups (broad SMARTS) is 1. The average Bonchev–Trinajstić information content (AvgIpc) is 3.51. The van der Waals surface area contributed by atoms with Gasteiger partial charge in [0.05, 0.1) is 0 Å². The first-order valence-corrected chi connectivity index (χ1v) is 12.1. The molecule has 1 aromatic carbocycles. The molecule has 0 radical (unpaired) electrons. The van der Waals surface area contributed by atoms with E-state index >= 15 is 0 Å².